The fraction of sp³-hybridized carbons (Fsp3) is 0.842. The Morgan fingerprint density at radius 1 is 1.21 bits per heavy atom. The first kappa shape index (κ1) is 22.0. The Morgan fingerprint density at radius 2 is 1.89 bits per heavy atom. The van der Waals surface area contributed by atoms with E-state index in [2.05, 4.69) is 34.2 Å². The highest BCUT2D eigenvalue weighted by molar-refractivity contribution is 7.89. The zero-order valence-electron chi connectivity index (χ0n) is 17.2. The second-order valence-corrected chi connectivity index (χ2v) is 11.1. The van der Waals surface area contributed by atoms with Crippen molar-refractivity contribution < 1.29 is 13.2 Å². The second kappa shape index (κ2) is 9.84. The number of rotatable bonds is 8. The van der Waals surface area contributed by atoms with E-state index in [4.69, 9.17) is 9.72 Å². The lowest BCUT2D eigenvalue weighted by Gasteiger charge is -2.34. The highest BCUT2D eigenvalue weighted by Crippen LogP contribution is 2.26. The van der Waals surface area contributed by atoms with Crippen LogP contribution in [0.2, 0.25) is 0 Å². The molecule has 2 fully saturated rings. The third kappa shape index (κ3) is 6.66. The smallest absolute Gasteiger partial charge is 0.211 e. The van der Waals surface area contributed by atoms with Crippen LogP contribution < -0.4 is 10.0 Å². The van der Waals surface area contributed by atoms with Gasteiger partial charge in [-0.1, -0.05) is 0 Å². The predicted molar refractivity (Wildman–Crippen MR) is 114 cm³/mol. The molecular weight excluding hydrogens is 396 g/mol. The lowest BCUT2D eigenvalue weighted by molar-refractivity contribution is -0.0707. The van der Waals surface area contributed by atoms with Gasteiger partial charge in [0.1, 0.15) is 0 Å². The number of nitrogens with one attached hydrogen (secondary N) is 2. The summed E-state index contributed by atoms with van der Waals surface area (Å²) in [4.78, 5) is 7.16. The van der Waals surface area contributed by atoms with Crippen LogP contribution in [0.5, 0.6) is 0 Å². The van der Waals surface area contributed by atoms with E-state index in [1.54, 1.807) is 18.3 Å². The molecule has 0 unspecified atom stereocenters. The molecule has 0 bridgehead atoms. The molecule has 2 atom stereocenters. The maximum absolute atomic E-state index is 11.7. The highest BCUT2D eigenvalue weighted by atomic mass is 32.2. The number of ether oxygens (including phenoxy) is 1. The van der Waals surface area contributed by atoms with E-state index in [-0.39, 0.29) is 24.0 Å². The number of thiazole rings is 1. The van der Waals surface area contributed by atoms with Crippen LogP contribution in [-0.4, -0.2) is 61.9 Å². The van der Waals surface area contributed by atoms with Gasteiger partial charge in [0.2, 0.25) is 10.0 Å². The number of nitrogens with zero attached hydrogens (tertiary/aromatic N) is 2. The summed E-state index contributed by atoms with van der Waals surface area (Å²) in [5.41, 5.74) is 1.12. The summed E-state index contributed by atoms with van der Waals surface area (Å²) in [7, 11) is -3.09. The van der Waals surface area contributed by atoms with Crippen molar-refractivity contribution in [2.24, 2.45) is 5.92 Å². The van der Waals surface area contributed by atoms with Crippen LogP contribution in [0.3, 0.4) is 0 Å². The molecule has 1 aliphatic heterocycles. The van der Waals surface area contributed by atoms with Crippen LogP contribution in [0.25, 0.3) is 0 Å². The zero-order chi connectivity index (χ0) is 20.1. The fourth-order valence-electron chi connectivity index (χ4n) is 4.16. The van der Waals surface area contributed by atoms with Crippen molar-refractivity contribution in [2.75, 3.05) is 30.7 Å². The molecule has 28 heavy (non-hydrogen) atoms. The van der Waals surface area contributed by atoms with Crippen LogP contribution in [0.4, 0.5) is 5.13 Å². The molecule has 9 heteroatoms. The van der Waals surface area contributed by atoms with E-state index in [9.17, 15) is 8.42 Å². The zero-order valence-corrected chi connectivity index (χ0v) is 18.8. The van der Waals surface area contributed by atoms with Crippen molar-refractivity contribution in [1.82, 2.24) is 14.6 Å². The number of hydrogen-bond donors (Lipinski definition) is 2. The van der Waals surface area contributed by atoms with Crippen molar-refractivity contribution in [3.05, 3.63) is 11.1 Å². The van der Waals surface area contributed by atoms with Crippen molar-refractivity contribution >= 4 is 26.5 Å². The van der Waals surface area contributed by atoms with Gasteiger partial charge in [-0.05, 0) is 52.4 Å². The van der Waals surface area contributed by atoms with E-state index < -0.39 is 10.0 Å². The van der Waals surface area contributed by atoms with Gasteiger partial charge in [-0.15, -0.1) is 11.3 Å². The Kier molecular flexibility index (Phi) is 7.72. The largest absolute Gasteiger partial charge is 0.373 e. The van der Waals surface area contributed by atoms with E-state index in [0.29, 0.717) is 5.92 Å². The average Bonchev–Trinajstić information content (AvgIpc) is 3.07. The fourth-order valence-corrected chi connectivity index (χ4v) is 5.78. The van der Waals surface area contributed by atoms with Gasteiger partial charge in [0, 0.05) is 37.6 Å². The topological polar surface area (TPSA) is 83.6 Å². The van der Waals surface area contributed by atoms with Gasteiger partial charge in [0.25, 0.3) is 0 Å². The van der Waals surface area contributed by atoms with Gasteiger partial charge in [0.15, 0.2) is 5.13 Å². The van der Waals surface area contributed by atoms with Crippen molar-refractivity contribution in [2.45, 2.75) is 71.2 Å². The minimum atomic E-state index is -3.09. The van der Waals surface area contributed by atoms with Crippen LogP contribution in [0, 0.1) is 5.92 Å². The minimum Gasteiger partial charge on any atom is -0.373 e. The number of hydrogen-bond acceptors (Lipinski definition) is 7. The minimum absolute atomic E-state index is 0.103. The number of aromatic nitrogens is 1. The summed E-state index contributed by atoms with van der Waals surface area (Å²) in [5.74, 6) is 0.735. The molecule has 0 spiro atoms. The molecule has 2 heterocycles. The third-order valence-electron chi connectivity index (χ3n) is 5.55. The quantitative estimate of drug-likeness (QED) is 0.660. The molecule has 1 saturated carbocycles. The predicted octanol–water partition coefficient (Wildman–Crippen LogP) is 2.66. The van der Waals surface area contributed by atoms with E-state index >= 15 is 0 Å². The first-order chi connectivity index (χ1) is 13.3. The van der Waals surface area contributed by atoms with E-state index in [1.165, 1.54) is 0 Å². The molecule has 160 valence electrons. The first-order valence-corrected chi connectivity index (χ1v) is 12.9. The standard InChI is InChI=1S/C19H34N4O3S2/c1-4-28(24,25)22-17-7-5-16(6-8-17)9-20-19-21-18(13-27-19)12-23-10-14(2)26-15(3)11-23/h13-17,22H,4-12H2,1-3H3,(H,20,21)/t14-,15+,16-,17-. The van der Waals surface area contributed by atoms with E-state index in [1.807, 2.05) is 0 Å². The van der Waals surface area contributed by atoms with Crippen LogP contribution in [0.1, 0.15) is 52.1 Å². The summed E-state index contributed by atoms with van der Waals surface area (Å²) >= 11 is 1.67. The van der Waals surface area contributed by atoms with Gasteiger partial charge in [-0.2, -0.15) is 0 Å². The van der Waals surface area contributed by atoms with Crippen LogP contribution in [0.15, 0.2) is 5.38 Å². The molecule has 0 radical (unpaired) electrons. The molecule has 0 amide bonds. The molecule has 1 aromatic rings. The van der Waals surface area contributed by atoms with Crippen molar-refractivity contribution in [3.8, 4) is 0 Å². The van der Waals surface area contributed by atoms with Gasteiger partial charge in [0.05, 0.1) is 23.7 Å². The van der Waals surface area contributed by atoms with Gasteiger partial charge >= 0.3 is 0 Å². The maximum Gasteiger partial charge on any atom is 0.211 e. The Bertz CT molecular complexity index is 707. The summed E-state index contributed by atoms with van der Waals surface area (Å²) in [6.07, 6.45) is 4.48. The Morgan fingerprint density at radius 3 is 2.54 bits per heavy atom. The van der Waals surface area contributed by atoms with Crippen LogP contribution >= 0.6 is 11.3 Å². The van der Waals surface area contributed by atoms with Crippen LogP contribution in [-0.2, 0) is 21.3 Å². The summed E-state index contributed by atoms with van der Waals surface area (Å²) in [6, 6.07) is 0.103. The first-order valence-electron chi connectivity index (χ1n) is 10.4. The third-order valence-corrected chi connectivity index (χ3v) is 7.85. The lowest BCUT2D eigenvalue weighted by Crippen LogP contribution is -2.44. The maximum atomic E-state index is 11.7. The summed E-state index contributed by atoms with van der Waals surface area (Å²) in [6.45, 7) is 9.62. The molecule has 2 N–H and O–H groups in total. The summed E-state index contributed by atoms with van der Waals surface area (Å²) in [5, 5.41) is 6.62. The molecule has 0 aromatic carbocycles. The monoisotopic (exact) mass is 430 g/mol. The number of anilines is 1. The number of morpholine rings is 1. The Hall–Kier alpha value is -0.740. The molecule has 1 aliphatic carbocycles. The van der Waals surface area contributed by atoms with Gasteiger partial charge in [-0.3, -0.25) is 4.90 Å². The van der Waals surface area contributed by atoms with Gasteiger partial charge in [-0.25, -0.2) is 18.1 Å². The number of sulfonamides is 1. The van der Waals surface area contributed by atoms with E-state index in [0.717, 1.165) is 62.7 Å². The molecular formula is C19H34N4O3S2. The highest BCUT2D eigenvalue weighted by Gasteiger charge is 2.25. The SMILES string of the molecule is CCS(=O)(=O)N[C@H]1CC[C@H](CNc2nc(CN3C[C@@H](C)O[C@@H](C)C3)cs2)CC1. The lowest BCUT2D eigenvalue weighted by atomic mass is 9.86. The molecule has 1 aromatic heterocycles. The Balaban J connectivity index is 1.39. The normalized spacial score (nSPS) is 29.7. The average molecular weight is 431 g/mol. The molecule has 2 aliphatic rings. The van der Waals surface area contributed by atoms with Crippen molar-refractivity contribution in [1.29, 1.82) is 0 Å². The Labute approximate surface area is 173 Å². The molecule has 1 saturated heterocycles. The second-order valence-electron chi connectivity index (χ2n) is 8.22. The van der Waals surface area contributed by atoms with Crippen molar-refractivity contribution in [3.63, 3.8) is 0 Å². The summed E-state index contributed by atoms with van der Waals surface area (Å²) < 4.78 is 32.0. The molecule has 7 nitrogen and oxygen atoms in total. The molecule has 3 rings (SSSR count). The van der Waals surface area contributed by atoms with Gasteiger partial charge < -0.3 is 10.1 Å².